The molecule has 3 rings (SSSR count). The second-order valence-corrected chi connectivity index (χ2v) is 8.33. The number of halogens is 1. The van der Waals surface area contributed by atoms with Gasteiger partial charge in [0.2, 0.25) is 0 Å². The van der Waals surface area contributed by atoms with Gasteiger partial charge in [0.25, 0.3) is 11.8 Å². The summed E-state index contributed by atoms with van der Waals surface area (Å²) in [5, 5.41) is 2.82. The van der Waals surface area contributed by atoms with Crippen molar-refractivity contribution in [1.82, 2.24) is 4.90 Å². The molecule has 0 radical (unpaired) electrons. The van der Waals surface area contributed by atoms with E-state index >= 15 is 0 Å². The second-order valence-electron chi connectivity index (χ2n) is 7.48. The summed E-state index contributed by atoms with van der Waals surface area (Å²) < 4.78 is 6.46. The van der Waals surface area contributed by atoms with Crippen LogP contribution in [0.2, 0.25) is 0 Å². The number of nitrogens with one attached hydrogen (secondary N) is 1. The zero-order valence-corrected chi connectivity index (χ0v) is 18.5. The SMILES string of the molecule is CCc1ccc(OCC(=O)Nc2ccccc2C(=O)N2CCC(C)CC2)c(Br)c1. The monoisotopic (exact) mass is 458 g/mol. The number of para-hydroxylation sites is 1. The number of carbonyl (C=O) groups excluding carboxylic acids is 2. The first-order chi connectivity index (χ1) is 14.0. The Morgan fingerprint density at radius 1 is 1.17 bits per heavy atom. The van der Waals surface area contributed by atoms with Crippen LogP contribution in [0.4, 0.5) is 5.69 Å². The first kappa shape index (κ1) is 21.4. The Morgan fingerprint density at radius 3 is 2.59 bits per heavy atom. The third-order valence-electron chi connectivity index (χ3n) is 5.27. The van der Waals surface area contributed by atoms with E-state index in [1.807, 2.05) is 35.2 Å². The lowest BCUT2D eigenvalue weighted by Crippen LogP contribution is -2.38. The van der Waals surface area contributed by atoms with Crippen molar-refractivity contribution in [3.05, 3.63) is 58.1 Å². The van der Waals surface area contributed by atoms with E-state index in [9.17, 15) is 9.59 Å². The zero-order chi connectivity index (χ0) is 20.8. The highest BCUT2D eigenvalue weighted by Gasteiger charge is 2.23. The number of carbonyl (C=O) groups is 2. The molecule has 0 saturated carbocycles. The van der Waals surface area contributed by atoms with Crippen LogP contribution in [0.25, 0.3) is 0 Å². The van der Waals surface area contributed by atoms with Gasteiger partial charge in [-0.25, -0.2) is 0 Å². The molecule has 0 atom stereocenters. The Kier molecular flexibility index (Phi) is 7.31. The lowest BCUT2D eigenvalue weighted by molar-refractivity contribution is -0.118. The molecule has 1 N–H and O–H groups in total. The van der Waals surface area contributed by atoms with Crippen LogP contribution in [0.5, 0.6) is 5.75 Å². The predicted octanol–water partition coefficient (Wildman–Crippen LogP) is 4.90. The van der Waals surface area contributed by atoms with Gasteiger partial charge in [-0.05, 0) is 70.9 Å². The van der Waals surface area contributed by atoms with Crippen LogP contribution in [-0.2, 0) is 11.2 Å². The van der Waals surface area contributed by atoms with Gasteiger partial charge in [-0.1, -0.05) is 32.0 Å². The summed E-state index contributed by atoms with van der Waals surface area (Å²) in [6.45, 7) is 5.68. The van der Waals surface area contributed by atoms with E-state index in [0.717, 1.165) is 36.8 Å². The number of aryl methyl sites for hydroxylation is 1. The molecule has 1 heterocycles. The number of likely N-dealkylation sites (tertiary alicyclic amines) is 1. The van der Waals surface area contributed by atoms with Crippen LogP contribution in [0.1, 0.15) is 42.6 Å². The quantitative estimate of drug-likeness (QED) is 0.669. The van der Waals surface area contributed by atoms with E-state index in [2.05, 4.69) is 35.1 Å². The smallest absolute Gasteiger partial charge is 0.262 e. The molecule has 2 aromatic rings. The van der Waals surface area contributed by atoms with Crippen LogP contribution >= 0.6 is 15.9 Å². The minimum Gasteiger partial charge on any atom is -0.483 e. The zero-order valence-electron chi connectivity index (χ0n) is 16.9. The van der Waals surface area contributed by atoms with E-state index in [-0.39, 0.29) is 18.4 Å². The van der Waals surface area contributed by atoms with E-state index in [4.69, 9.17) is 4.74 Å². The van der Waals surface area contributed by atoms with E-state index in [1.54, 1.807) is 12.1 Å². The van der Waals surface area contributed by atoms with Crippen molar-refractivity contribution in [2.75, 3.05) is 25.0 Å². The van der Waals surface area contributed by atoms with Crippen LogP contribution in [0, 0.1) is 5.92 Å². The fourth-order valence-corrected chi connectivity index (χ4v) is 3.91. The lowest BCUT2D eigenvalue weighted by Gasteiger charge is -2.30. The molecule has 0 aromatic heterocycles. The summed E-state index contributed by atoms with van der Waals surface area (Å²) in [6, 6.07) is 13.0. The molecule has 1 fully saturated rings. The summed E-state index contributed by atoms with van der Waals surface area (Å²) in [5.74, 6) is 0.927. The third kappa shape index (κ3) is 5.60. The highest BCUT2D eigenvalue weighted by molar-refractivity contribution is 9.10. The van der Waals surface area contributed by atoms with E-state index < -0.39 is 0 Å². The standard InChI is InChI=1S/C23H27BrN2O3/c1-3-17-8-9-21(19(24)14-17)29-15-22(27)25-20-7-5-4-6-18(20)23(28)26-12-10-16(2)11-13-26/h4-9,14,16H,3,10-13,15H2,1-2H3,(H,25,27). The molecular weight excluding hydrogens is 432 g/mol. The third-order valence-corrected chi connectivity index (χ3v) is 5.89. The van der Waals surface area contributed by atoms with Crippen molar-refractivity contribution in [1.29, 1.82) is 0 Å². The molecule has 1 aliphatic heterocycles. The largest absolute Gasteiger partial charge is 0.483 e. The Morgan fingerprint density at radius 2 is 1.90 bits per heavy atom. The summed E-state index contributed by atoms with van der Waals surface area (Å²) in [7, 11) is 0. The number of hydrogen-bond acceptors (Lipinski definition) is 3. The summed E-state index contributed by atoms with van der Waals surface area (Å²) in [4.78, 5) is 27.2. The minimum absolute atomic E-state index is 0.0355. The van der Waals surface area contributed by atoms with Crippen molar-refractivity contribution in [3.8, 4) is 5.75 Å². The number of ether oxygens (including phenoxy) is 1. The normalized spacial score (nSPS) is 14.5. The number of amides is 2. The molecule has 0 unspecified atom stereocenters. The fourth-order valence-electron chi connectivity index (χ4n) is 3.37. The molecule has 5 nitrogen and oxygen atoms in total. The van der Waals surface area contributed by atoms with Gasteiger partial charge < -0.3 is 15.0 Å². The van der Waals surface area contributed by atoms with Crippen LogP contribution in [-0.4, -0.2) is 36.4 Å². The average Bonchev–Trinajstić information content (AvgIpc) is 2.73. The second kappa shape index (κ2) is 9.92. The molecule has 29 heavy (non-hydrogen) atoms. The molecule has 2 aromatic carbocycles. The highest BCUT2D eigenvalue weighted by atomic mass is 79.9. The molecule has 2 amide bonds. The van der Waals surface area contributed by atoms with Gasteiger partial charge in [-0.3, -0.25) is 9.59 Å². The van der Waals surface area contributed by atoms with Crippen LogP contribution in [0.15, 0.2) is 46.9 Å². The van der Waals surface area contributed by atoms with E-state index in [0.29, 0.717) is 22.9 Å². The van der Waals surface area contributed by atoms with Gasteiger partial charge in [-0.2, -0.15) is 0 Å². The number of benzene rings is 2. The molecule has 0 spiro atoms. The Hall–Kier alpha value is -2.34. The van der Waals surface area contributed by atoms with Gasteiger partial charge in [-0.15, -0.1) is 0 Å². The Bertz CT molecular complexity index is 876. The van der Waals surface area contributed by atoms with Gasteiger partial charge in [0.15, 0.2) is 6.61 Å². The number of anilines is 1. The molecule has 1 saturated heterocycles. The first-order valence-corrected chi connectivity index (χ1v) is 10.9. The minimum atomic E-state index is -0.302. The van der Waals surface area contributed by atoms with E-state index in [1.165, 1.54) is 5.56 Å². The molecule has 154 valence electrons. The Labute approximate surface area is 180 Å². The molecule has 0 aliphatic carbocycles. The molecule has 6 heteroatoms. The van der Waals surface area contributed by atoms with Gasteiger partial charge in [0, 0.05) is 13.1 Å². The van der Waals surface area contributed by atoms with Gasteiger partial charge in [0.05, 0.1) is 15.7 Å². The lowest BCUT2D eigenvalue weighted by atomic mass is 9.98. The van der Waals surface area contributed by atoms with Crippen molar-refractivity contribution < 1.29 is 14.3 Å². The van der Waals surface area contributed by atoms with Gasteiger partial charge in [0.1, 0.15) is 5.75 Å². The number of piperidine rings is 1. The van der Waals surface area contributed by atoms with Crippen molar-refractivity contribution in [3.63, 3.8) is 0 Å². The maximum atomic E-state index is 12.9. The average molecular weight is 459 g/mol. The molecular formula is C23H27BrN2O3. The fraction of sp³-hybridized carbons (Fsp3) is 0.391. The predicted molar refractivity (Wildman–Crippen MR) is 118 cm³/mol. The topological polar surface area (TPSA) is 58.6 Å². The number of nitrogens with zero attached hydrogens (tertiary/aromatic N) is 1. The van der Waals surface area contributed by atoms with Crippen molar-refractivity contribution >= 4 is 33.4 Å². The summed E-state index contributed by atoms with van der Waals surface area (Å²) in [6.07, 6.45) is 2.96. The molecule has 0 bridgehead atoms. The maximum absolute atomic E-state index is 12.9. The Balaban J connectivity index is 1.63. The number of rotatable bonds is 6. The summed E-state index contributed by atoms with van der Waals surface area (Å²) >= 11 is 3.48. The summed E-state index contributed by atoms with van der Waals surface area (Å²) in [5.41, 5.74) is 2.22. The highest BCUT2D eigenvalue weighted by Crippen LogP contribution is 2.26. The number of hydrogen-bond donors (Lipinski definition) is 1. The van der Waals surface area contributed by atoms with Gasteiger partial charge >= 0.3 is 0 Å². The van der Waals surface area contributed by atoms with Crippen LogP contribution in [0.3, 0.4) is 0 Å². The van der Waals surface area contributed by atoms with Crippen molar-refractivity contribution in [2.24, 2.45) is 5.92 Å². The molecule has 1 aliphatic rings. The van der Waals surface area contributed by atoms with Crippen molar-refractivity contribution in [2.45, 2.75) is 33.1 Å². The maximum Gasteiger partial charge on any atom is 0.262 e. The first-order valence-electron chi connectivity index (χ1n) is 10.1. The van der Waals surface area contributed by atoms with Crippen LogP contribution < -0.4 is 10.1 Å².